The molecular formula is C19H21FN4O2. The first-order valence-electron chi connectivity index (χ1n) is 8.72. The molecule has 26 heavy (non-hydrogen) atoms. The van der Waals surface area contributed by atoms with E-state index in [2.05, 4.69) is 14.9 Å². The van der Waals surface area contributed by atoms with Crippen LogP contribution >= 0.6 is 0 Å². The van der Waals surface area contributed by atoms with Gasteiger partial charge in [-0.3, -0.25) is 9.59 Å². The number of benzene rings is 1. The van der Waals surface area contributed by atoms with Gasteiger partial charge in [0.25, 0.3) is 0 Å². The lowest BCUT2D eigenvalue weighted by molar-refractivity contribution is -0.131. The minimum atomic E-state index is -0.364. The van der Waals surface area contributed by atoms with Crippen molar-refractivity contribution in [2.75, 3.05) is 31.1 Å². The lowest BCUT2D eigenvalue weighted by Gasteiger charge is -2.34. The summed E-state index contributed by atoms with van der Waals surface area (Å²) in [7, 11) is 0. The number of anilines is 1. The van der Waals surface area contributed by atoms with E-state index in [-0.39, 0.29) is 23.9 Å². The van der Waals surface area contributed by atoms with E-state index >= 15 is 0 Å². The zero-order chi connectivity index (χ0) is 18.4. The van der Waals surface area contributed by atoms with Crippen LogP contribution in [-0.2, 0) is 4.79 Å². The molecule has 0 radical (unpaired) electrons. The Labute approximate surface area is 151 Å². The monoisotopic (exact) mass is 356 g/mol. The fourth-order valence-electron chi connectivity index (χ4n) is 2.95. The highest BCUT2D eigenvalue weighted by molar-refractivity contribution is 5.96. The van der Waals surface area contributed by atoms with Crippen molar-refractivity contribution < 1.29 is 14.0 Å². The molecule has 0 atom stereocenters. The number of piperazine rings is 1. The van der Waals surface area contributed by atoms with Gasteiger partial charge in [0.05, 0.1) is 0 Å². The number of carbonyl (C=O) groups excluding carboxylic acids is 2. The summed E-state index contributed by atoms with van der Waals surface area (Å²) >= 11 is 0. The Hall–Kier alpha value is -2.83. The molecule has 7 heteroatoms. The highest BCUT2D eigenvalue weighted by atomic mass is 19.1. The van der Waals surface area contributed by atoms with Crippen molar-refractivity contribution in [3.8, 4) is 0 Å². The number of amides is 1. The molecule has 1 amide bonds. The first-order chi connectivity index (χ1) is 12.6. The fraction of sp³-hybridized carbons (Fsp3) is 0.368. The summed E-state index contributed by atoms with van der Waals surface area (Å²) in [5.74, 6) is 0.315. The number of rotatable bonds is 6. The maximum absolute atomic E-state index is 12.9. The molecule has 0 spiro atoms. The van der Waals surface area contributed by atoms with Gasteiger partial charge in [0.1, 0.15) is 5.82 Å². The van der Waals surface area contributed by atoms with Crippen molar-refractivity contribution in [1.82, 2.24) is 14.9 Å². The number of hydrogen-bond acceptors (Lipinski definition) is 5. The molecule has 0 N–H and O–H groups in total. The Morgan fingerprint density at radius 3 is 2.27 bits per heavy atom. The highest BCUT2D eigenvalue weighted by Crippen LogP contribution is 2.13. The summed E-state index contributed by atoms with van der Waals surface area (Å²) in [6.45, 7) is 2.65. The van der Waals surface area contributed by atoms with Crippen LogP contribution in [0.4, 0.5) is 10.3 Å². The number of Topliss-reactive ketones (excluding diaryl/α,β-unsaturated/α-hetero) is 1. The van der Waals surface area contributed by atoms with Crippen LogP contribution in [0.2, 0.25) is 0 Å². The largest absolute Gasteiger partial charge is 0.339 e. The molecule has 1 aliphatic heterocycles. The van der Waals surface area contributed by atoms with Crippen LogP contribution in [0, 0.1) is 5.82 Å². The summed E-state index contributed by atoms with van der Waals surface area (Å²) in [4.78, 5) is 36.7. The van der Waals surface area contributed by atoms with Crippen LogP contribution in [0.15, 0.2) is 42.7 Å². The van der Waals surface area contributed by atoms with Gasteiger partial charge in [-0.1, -0.05) is 0 Å². The molecule has 0 unspecified atom stereocenters. The molecule has 1 fully saturated rings. The number of nitrogens with zero attached hydrogens (tertiary/aromatic N) is 4. The Morgan fingerprint density at radius 1 is 0.962 bits per heavy atom. The summed E-state index contributed by atoms with van der Waals surface area (Å²) in [5.41, 5.74) is 0.482. The Morgan fingerprint density at radius 2 is 1.62 bits per heavy atom. The number of hydrogen-bond donors (Lipinski definition) is 0. The minimum Gasteiger partial charge on any atom is -0.339 e. The SMILES string of the molecule is O=C(CCCC(=O)N1CCN(c2ncccn2)CC1)c1ccc(F)cc1. The smallest absolute Gasteiger partial charge is 0.225 e. The quantitative estimate of drug-likeness (QED) is 0.743. The molecule has 1 saturated heterocycles. The Bertz CT molecular complexity index is 744. The van der Waals surface area contributed by atoms with E-state index in [1.807, 2.05) is 4.90 Å². The zero-order valence-corrected chi connectivity index (χ0v) is 14.5. The molecule has 0 bridgehead atoms. The lowest BCUT2D eigenvalue weighted by atomic mass is 10.1. The molecule has 3 rings (SSSR count). The van der Waals surface area contributed by atoms with E-state index in [1.54, 1.807) is 18.5 Å². The van der Waals surface area contributed by atoms with Gasteiger partial charge in [0, 0.05) is 57.0 Å². The van der Waals surface area contributed by atoms with Crippen molar-refractivity contribution in [3.05, 3.63) is 54.1 Å². The number of aromatic nitrogens is 2. The van der Waals surface area contributed by atoms with Gasteiger partial charge in [0.15, 0.2) is 5.78 Å². The minimum absolute atomic E-state index is 0.0607. The van der Waals surface area contributed by atoms with E-state index in [0.29, 0.717) is 50.5 Å². The van der Waals surface area contributed by atoms with E-state index in [1.165, 1.54) is 24.3 Å². The Kier molecular flexibility index (Phi) is 5.88. The molecule has 6 nitrogen and oxygen atoms in total. The van der Waals surface area contributed by atoms with Crippen molar-refractivity contribution in [1.29, 1.82) is 0 Å². The topological polar surface area (TPSA) is 66.4 Å². The average molecular weight is 356 g/mol. The summed E-state index contributed by atoms with van der Waals surface area (Å²) in [6, 6.07) is 7.27. The van der Waals surface area contributed by atoms with Gasteiger partial charge >= 0.3 is 0 Å². The number of halogens is 1. The second-order valence-electron chi connectivity index (χ2n) is 6.20. The van der Waals surface area contributed by atoms with Gasteiger partial charge in [-0.25, -0.2) is 14.4 Å². The van der Waals surface area contributed by atoms with E-state index in [0.717, 1.165) is 0 Å². The van der Waals surface area contributed by atoms with Crippen molar-refractivity contribution >= 4 is 17.6 Å². The molecule has 0 saturated carbocycles. The van der Waals surface area contributed by atoms with Gasteiger partial charge in [-0.05, 0) is 36.8 Å². The molecule has 1 aromatic carbocycles. The highest BCUT2D eigenvalue weighted by Gasteiger charge is 2.22. The predicted molar refractivity (Wildman–Crippen MR) is 95.4 cm³/mol. The standard InChI is InChI=1S/C19H21FN4O2/c20-16-7-5-15(6-8-16)17(25)3-1-4-18(26)23-11-13-24(14-12-23)19-21-9-2-10-22-19/h2,5-10H,1,3-4,11-14H2. The first-order valence-corrected chi connectivity index (χ1v) is 8.72. The zero-order valence-electron chi connectivity index (χ0n) is 14.5. The van der Waals surface area contributed by atoms with Crippen LogP contribution in [0.3, 0.4) is 0 Å². The second kappa shape index (κ2) is 8.51. The molecule has 1 aliphatic rings. The molecular weight excluding hydrogens is 335 g/mol. The number of carbonyl (C=O) groups is 2. The fourth-order valence-corrected chi connectivity index (χ4v) is 2.95. The third-order valence-corrected chi connectivity index (χ3v) is 4.43. The predicted octanol–water partition coefficient (Wildman–Crippen LogP) is 2.32. The number of ketones is 1. The third kappa shape index (κ3) is 4.62. The second-order valence-corrected chi connectivity index (χ2v) is 6.20. The maximum Gasteiger partial charge on any atom is 0.225 e. The van der Waals surface area contributed by atoms with Crippen LogP contribution in [0.1, 0.15) is 29.6 Å². The van der Waals surface area contributed by atoms with Crippen molar-refractivity contribution in [2.45, 2.75) is 19.3 Å². The van der Waals surface area contributed by atoms with Crippen LogP contribution in [-0.4, -0.2) is 52.7 Å². The molecule has 136 valence electrons. The first kappa shape index (κ1) is 18.0. The van der Waals surface area contributed by atoms with E-state index < -0.39 is 0 Å². The molecule has 1 aromatic heterocycles. The lowest BCUT2D eigenvalue weighted by Crippen LogP contribution is -2.49. The maximum atomic E-state index is 12.9. The summed E-state index contributed by atoms with van der Waals surface area (Å²) < 4.78 is 12.9. The van der Waals surface area contributed by atoms with Crippen LogP contribution < -0.4 is 4.90 Å². The van der Waals surface area contributed by atoms with Gasteiger partial charge in [-0.15, -0.1) is 0 Å². The van der Waals surface area contributed by atoms with Crippen LogP contribution in [0.25, 0.3) is 0 Å². The van der Waals surface area contributed by atoms with Crippen molar-refractivity contribution in [3.63, 3.8) is 0 Å². The molecule has 0 aliphatic carbocycles. The summed E-state index contributed by atoms with van der Waals surface area (Å²) in [5, 5.41) is 0. The third-order valence-electron chi connectivity index (χ3n) is 4.43. The molecule has 2 heterocycles. The average Bonchev–Trinajstić information content (AvgIpc) is 2.69. The van der Waals surface area contributed by atoms with Crippen molar-refractivity contribution in [2.24, 2.45) is 0 Å². The van der Waals surface area contributed by atoms with Gasteiger partial charge in [-0.2, -0.15) is 0 Å². The van der Waals surface area contributed by atoms with E-state index in [4.69, 9.17) is 0 Å². The van der Waals surface area contributed by atoms with Gasteiger partial charge < -0.3 is 9.80 Å². The van der Waals surface area contributed by atoms with Crippen LogP contribution in [0.5, 0.6) is 0 Å². The van der Waals surface area contributed by atoms with Gasteiger partial charge in [0.2, 0.25) is 11.9 Å². The summed E-state index contributed by atoms with van der Waals surface area (Å²) in [6.07, 6.45) is 4.54. The molecule has 2 aromatic rings. The normalized spacial score (nSPS) is 14.3. The van der Waals surface area contributed by atoms with E-state index in [9.17, 15) is 14.0 Å². The Balaban J connectivity index is 1.40.